The molecule has 0 aliphatic heterocycles. The van der Waals surface area contributed by atoms with E-state index in [1.54, 1.807) is 23.8 Å². The number of rotatable bonds is 12. The summed E-state index contributed by atoms with van der Waals surface area (Å²) in [6.07, 6.45) is 0.456. The van der Waals surface area contributed by atoms with Gasteiger partial charge >= 0.3 is 0 Å². The number of thioether (sulfide) groups is 1. The number of nitrogens with one attached hydrogen (secondary N) is 1. The average Bonchev–Trinajstić information content (AvgIpc) is 2.88. The third-order valence-electron chi connectivity index (χ3n) is 5.54. The minimum absolute atomic E-state index is 0.0568. The summed E-state index contributed by atoms with van der Waals surface area (Å²) in [5.74, 6) is 1.60. The molecule has 1 unspecified atom stereocenters. The maximum absolute atomic E-state index is 13.5. The highest BCUT2D eigenvalue weighted by molar-refractivity contribution is 9.10. The molecule has 3 aromatic rings. The molecule has 0 aliphatic carbocycles. The van der Waals surface area contributed by atoms with E-state index >= 15 is 0 Å². The summed E-state index contributed by atoms with van der Waals surface area (Å²) in [5.41, 5.74) is 3.11. The molecule has 0 spiro atoms. The molecule has 0 aromatic heterocycles. The van der Waals surface area contributed by atoms with Crippen LogP contribution in [-0.4, -0.2) is 42.2 Å². The van der Waals surface area contributed by atoms with E-state index in [1.807, 2.05) is 85.8 Å². The van der Waals surface area contributed by atoms with E-state index in [4.69, 9.17) is 4.74 Å². The van der Waals surface area contributed by atoms with Crippen LogP contribution >= 0.6 is 27.7 Å². The van der Waals surface area contributed by atoms with Gasteiger partial charge in [0.1, 0.15) is 11.8 Å². The summed E-state index contributed by atoms with van der Waals surface area (Å²) >= 11 is 5.01. The number of likely N-dealkylation sites (N-methyl/N-ethyl adjacent to an activating group) is 1. The van der Waals surface area contributed by atoms with E-state index in [9.17, 15) is 9.59 Å². The summed E-state index contributed by atoms with van der Waals surface area (Å²) in [7, 11) is 1.64. The first kappa shape index (κ1) is 26.8. The Morgan fingerprint density at radius 2 is 1.60 bits per heavy atom. The predicted octanol–water partition coefficient (Wildman–Crippen LogP) is 5.47. The number of halogens is 1. The molecule has 0 heterocycles. The zero-order chi connectivity index (χ0) is 25.0. The van der Waals surface area contributed by atoms with Crippen molar-refractivity contribution >= 4 is 39.5 Å². The molecule has 184 valence electrons. The Bertz CT molecular complexity index is 1080. The summed E-state index contributed by atoms with van der Waals surface area (Å²) < 4.78 is 6.19. The molecule has 0 saturated heterocycles. The molecular formula is C28H31BrN2O3S. The first-order valence-corrected chi connectivity index (χ1v) is 13.5. The van der Waals surface area contributed by atoms with E-state index in [1.165, 1.54) is 0 Å². The summed E-state index contributed by atoms with van der Waals surface area (Å²) in [5, 5.41) is 2.93. The number of carbonyl (C=O) groups excluding carboxylic acids is 2. The van der Waals surface area contributed by atoms with Crippen molar-refractivity contribution in [2.45, 2.75) is 31.7 Å². The van der Waals surface area contributed by atoms with Gasteiger partial charge in [0, 0.05) is 29.7 Å². The van der Waals surface area contributed by atoms with Crippen molar-refractivity contribution in [2.75, 3.05) is 19.4 Å². The van der Waals surface area contributed by atoms with Gasteiger partial charge in [0.25, 0.3) is 0 Å². The number of benzene rings is 3. The molecule has 7 heteroatoms. The third-order valence-corrected chi connectivity index (χ3v) is 7.06. The molecule has 1 N–H and O–H groups in total. The summed E-state index contributed by atoms with van der Waals surface area (Å²) in [4.78, 5) is 28.4. The number of amides is 2. The number of methoxy groups -OCH3 is 1. The Morgan fingerprint density at radius 3 is 2.23 bits per heavy atom. The van der Waals surface area contributed by atoms with Crippen LogP contribution in [0.25, 0.3) is 0 Å². The maximum atomic E-state index is 13.5. The quantitative estimate of drug-likeness (QED) is 0.322. The van der Waals surface area contributed by atoms with Gasteiger partial charge in [-0.05, 0) is 47.9 Å². The van der Waals surface area contributed by atoms with Crippen LogP contribution in [0.2, 0.25) is 0 Å². The average molecular weight is 556 g/mol. The van der Waals surface area contributed by atoms with E-state index < -0.39 is 6.04 Å². The SMILES string of the molecule is CCNC(=O)C(Cc1ccccc1)N(Cc1ccc(Br)cc1)C(=O)CSCc1ccc(OC)cc1. The molecule has 2 amide bonds. The van der Waals surface area contributed by atoms with Gasteiger partial charge in [-0.25, -0.2) is 0 Å². The van der Waals surface area contributed by atoms with E-state index in [0.717, 1.165) is 26.9 Å². The first-order valence-electron chi connectivity index (χ1n) is 11.6. The van der Waals surface area contributed by atoms with Gasteiger partial charge in [0.05, 0.1) is 12.9 Å². The lowest BCUT2D eigenvalue weighted by Gasteiger charge is -2.31. The van der Waals surface area contributed by atoms with Crippen LogP contribution in [0.15, 0.2) is 83.3 Å². The minimum Gasteiger partial charge on any atom is -0.497 e. The molecule has 3 aromatic carbocycles. The highest BCUT2D eigenvalue weighted by Gasteiger charge is 2.30. The van der Waals surface area contributed by atoms with Crippen LogP contribution in [0.1, 0.15) is 23.6 Å². The Hall–Kier alpha value is -2.77. The van der Waals surface area contributed by atoms with Gasteiger partial charge < -0.3 is 15.0 Å². The van der Waals surface area contributed by atoms with Crippen LogP contribution in [0.4, 0.5) is 0 Å². The van der Waals surface area contributed by atoms with Crippen LogP contribution < -0.4 is 10.1 Å². The van der Waals surface area contributed by atoms with Crippen molar-refractivity contribution in [3.8, 4) is 5.75 Å². The van der Waals surface area contributed by atoms with Gasteiger partial charge in [0.2, 0.25) is 11.8 Å². The Kier molecular flexibility index (Phi) is 10.7. The van der Waals surface area contributed by atoms with Crippen LogP contribution in [0.3, 0.4) is 0 Å². The van der Waals surface area contributed by atoms with Crippen molar-refractivity contribution in [3.63, 3.8) is 0 Å². The van der Waals surface area contributed by atoms with Gasteiger partial charge in [-0.2, -0.15) is 0 Å². The number of ether oxygens (including phenoxy) is 1. The summed E-state index contributed by atoms with van der Waals surface area (Å²) in [6.45, 7) is 2.77. The number of hydrogen-bond donors (Lipinski definition) is 1. The summed E-state index contributed by atoms with van der Waals surface area (Å²) in [6, 6.07) is 24.9. The van der Waals surface area contributed by atoms with Crippen molar-refractivity contribution in [1.82, 2.24) is 10.2 Å². The Labute approximate surface area is 220 Å². The largest absolute Gasteiger partial charge is 0.497 e. The van der Waals surface area contributed by atoms with Gasteiger partial charge in [-0.3, -0.25) is 9.59 Å². The van der Waals surface area contributed by atoms with Crippen molar-refractivity contribution < 1.29 is 14.3 Å². The standard InChI is InChI=1S/C28H31BrN2O3S/c1-3-30-28(33)26(17-21-7-5-4-6-8-21)31(18-22-9-13-24(29)14-10-22)27(32)20-35-19-23-11-15-25(34-2)16-12-23/h4-16,26H,3,17-20H2,1-2H3,(H,30,33). The molecule has 0 bridgehead atoms. The topological polar surface area (TPSA) is 58.6 Å². The molecule has 0 fully saturated rings. The maximum Gasteiger partial charge on any atom is 0.243 e. The molecular weight excluding hydrogens is 524 g/mol. The van der Waals surface area contributed by atoms with Crippen LogP contribution in [0, 0.1) is 0 Å². The number of hydrogen-bond acceptors (Lipinski definition) is 4. The van der Waals surface area contributed by atoms with Gasteiger partial charge in [-0.15, -0.1) is 11.8 Å². The van der Waals surface area contributed by atoms with Crippen molar-refractivity contribution in [1.29, 1.82) is 0 Å². The predicted molar refractivity (Wildman–Crippen MR) is 146 cm³/mol. The van der Waals surface area contributed by atoms with Gasteiger partial charge in [-0.1, -0.05) is 70.5 Å². The smallest absolute Gasteiger partial charge is 0.243 e. The highest BCUT2D eigenvalue weighted by Crippen LogP contribution is 2.20. The molecule has 5 nitrogen and oxygen atoms in total. The molecule has 3 rings (SSSR count). The second kappa shape index (κ2) is 14.0. The minimum atomic E-state index is -0.602. The molecule has 0 aliphatic rings. The molecule has 0 radical (unpaired) electrons. The van der Waals surface area contributed by atoms with Crippen LogP contribution in [0.5, 0.6) is 5.75 Å². The third kappa shape index (κ3) is 8.44. The zero-order valence-corrected chi connectivity index (χ0v) is 22.5. The second-order valence-corrected chi connectivity index (χ2v) is 9.99. The van der Waals surface area contributed by atoms with Gasteiger partial charge in [0.15, 0.2) is 0 Å². The monoisotopic (exact) mass is 554 g/mol. The molecule has 35 heavy (non-hydrogen) atoms. The Morgan fingerprint density at radius 1 is 0.943 bits per heavy atom. The fourth-order valence-electron chi connectivity index (χ4n) is 3.69. The van der Waals surface area contributed by atoms with Crippen molar-refractivity contribution in [3.05, 3.63) is 100 Å². The van der Waals surface area contributed by atoms with E-state index in [-0.39, 0.29) is 17.6 Å². The fourth-order valence-corrected chi connectivity index (χ4v) is 4.83. The highest BCUT2D eigenvalue weighted by atomic mass is 79.9. The lowest BCUT2D eigenvalue weighted by atomic mass is 10.0. The lowest BCUT2D eigenvalue weighted by molar-refractivity contribution is -0.139. The second-order valence-electron chi connectivity index (χ2n) is 8.09. The fraction of sp³-hybridized carbons (Fsp3) is 0.286. The number of carbonyl (C=O) groups is 2. The lowest BCUT2D eigenvalue weighted by Crippen LogP contribution is -2.51. The van der Waals surface area contributed by atoms with Crippen molar-refractivity contribution in [2.24, 2.45) is 0 Å². The number of nitrogens with zero attached hydrogens (tertiary/aromatic N) is 1. The molecule has 1 atom stereocenters. The molecule has 0 saturated carbocycles. The van der Waals surface area contributed by atoms with Crippen LogP contribution in [-0.2, 0) is 28.3 Å². The first-order chi connectivity index (χ1) is 17.0. The normalized spacial score (nSPS) is 11.5. The van der Waals surface area contributed by atoms with E-state index in [2.05, 4.69) is 21.2 Å². The van der Waals surface area contributed by atoms with E-state index in [0.29, 0.717) is 25.3 Å². The Balaban J connectivity index is 1.79. The zero-order valence-electron chi connectivity index (χ0n) is 20.1.